The standard InChI is InChI=1S/C18H20N6O2/c1-12-9-23(10-13(2)26-12)16-6-17(21-11-20-16)24-18(25)15(8-22-24)14-4-3-5-19-7-14/h3-8,11-13,22H,9-10H2,1-2H3/t12-,13+. The van der Waals surface area contributed by atoms with Crippen LogP contribution in [0.1, 0.15) is 13.8 Å². The molecule has 3 aromatic rings. The van der Waals surface area contributed by atoms with Gasteiger partial charge in [-0.05, 0) is 19.9 Å². The molecule has 26 heavy (non-hydrogen) atoms. The fourth-order valence-electron chi connectivity index (χ4n) is 3.27. The summed E-state index contributed by atoms with van der Waals surface area (Å²) in [6.45, 7) is 5.59. The topological polar surface area (TPSA) is 88.9 Å². The molecule has 0 unspecified atom stereocenters. The summed E-state index contributed by atoms with van der Waals surface area (Å²) in [5.74, 6) is 1.28. The summed E-state index contributed by atoms with van der Waals surface area (Å²) in [6, 6.07) is 5.47. The molecule has 1 N–H and O–H groups in total. The molecule has 0 aliphatic carbocycles. The van der Waals surface area contributed by atoms with E-state index in [2.05, 4.69) is 25.0 Å². The number of aromatic amines is 1. The fourth-order valence-corrected chi connectivity index (χ4v) is 3.27. The molecule has 0 radical (unpaired) electrons. The Bertz CT molecular complexity index is 942. The van der Waals surface area contributed by atoms with Gasteiger partial charge in [0.2, 0.25) is 0 Å². The lowest BCUT2D eigenvalue weighted by Crippen LogP contribution is -2.45. The van der Waals surface area contributed by atoms with Crippen molar-refractivity contribution in [3.8, 4) is 16.9 Å². The highest BCUT2D eigenvalue weighted by Crippen LogP contribution is 2.20. The number of aromatic nitrogens is 5. The van der Waals surface area contributed by atoms with Crippen LogP contribution < -0.4 is 10.5 Å². The second-order valence-electron chi connectivity index (χ2n) is 6.47. The summed E-state index contributed by atoms with van der Waals surface area (Å²) in [5, 5.41) is 2.98. The van der Waals surface area contributed by atoms with E-state index in [-0.39, 0.29) is 17.8 Å². The third kappa shape index (κ3) is 3.11. The van der Waals surface area contributed by atoms with Crippen LogP contribution in [-0.2, 0) is 4.74 Å². The van der Waals surface area contributed by atoms with Crippen LogP contribution in [0.2, 0.25) is 0 Å². The number of rotatable bonds is 3. The summed E-state index contributed by atoms with van der Waals surface area (Å²) in [7, 11) is 0. The number of morpholine rings is 1. The molecule has 4 heterocycles. The molecule has 1 aliphatic rings. The Morgan fingerprint density at radius 2 is 1.96 bits per heavy atom. The van der Waals surface area contributed by atoms with Gasteiger partial charge in [0.1, 0.15) is 12.1 Å². The lowest BCUT2D eigenvalue weighted by atomic mass is 10.2. The average Bonchev–Trinajstić information content (AvgIpc) is 3.03. The maximum atomic E-state index is 12.8. The van der Waals surface area contributed by atoms with E-state index in [0.717, 1.165) is 24.5 Å². The smallest absolute Gasteiger partial charge is 0.280 e. The number of pyridine rings is 1. The van der Waals surface area contributed by atoms with Crippen LogP contribution in [0.5, 0.6) is 0 Å². The van der Waals surface area contributed by atoms with Crippen molar-refractivity contribution in [2.24, 2.45) is 0 Å². The first kappa shape index (κ1) is 16.5. The highest BCUT2D eigenvalue weighted by Gasteiger charge is 2.23. The van der Waals surface area contributed by atoms with Gasteiger partial charge < -0.3 is 9.64 Å². The average molecular weight is 352 g/mol. The molecule has 0 saturated carbocycles. The van der Waals surface area contributed by atoms with Crippen molar-refractivity contribution in [3.63, 3.8) is 0 Å². The largest absolute Gasteiger partial charge is 0.372 e. The number of nitrogens with one attached hydrogen (secondary N) is 1. The third-order valence-corrected chi connectivity index (χ3v) is 4.35. The van der Waals surface area contributed by atoms with Gasteiger partial charge in [-0.15, -0.1) is 0 Å². The highest BCUT2D eigenvalue weighted by molar-refractivity contribution is 5.60. The molecule has 1 saturated heterocycles. The molecule has 1 aliphatic heterocycles. The molecule has 8 heteroatoms. The summed E-state index contributed by atoms with van der Waals surface area (Å²) < 4.78 is 7.19. The lowest BCUT2D eigenvalue weighted by molar-refractivity contribution is -0.00546. The molecule has 0 aromatic carbocycles. The van der Waals surface area contributed by atoms with Gasteiger partial charge in [-0.2, -0.15) is 0 Å². The molecule has 0 bridgehead atoms. The van der Waals surface area contributed by atoms with Gasteiger partial charge in [0.15, 0.2) is 5.82 Å². The van der Waals surface area contributed by atoms with E-state index in [0.29, 0.717) is 11.4 Å². The van der Waals surface area contributed by atoms with E-state index < -0.39 is 0 Å². The third-order valence-electron chi connectivity index (χ3n) is 4.35. The molecule has 2 atom stereocenters. The number of H-pyrrole nitrogens is 1. The van der Waals surface area contributed by atoms with E-state index in [4.69, 9.17) is 4.74 Å². The normalized spacial score (nSPS) is 20.3. The summed E-state index contributed by atoms with van der Waals surface area (Å²) in [5.41, 5.74) is 1.14. The predicted molar refractivity (Wildman–Crippen MR) is 97.4 cm³/mol. The van der Waals surface area contributed by atoms with Crippen LogP contribution >= 0.6 is 0 Å². The van der Waals surface area contributed by atoms with Crippen LogP contribution in [-0.4, -0.2) is 50.0 Å². The Morgan fingerprint density at radius 3 is 2.69 bits per heavy atom. The molecule has 134 valence electrons. The predicted octanol–water partition coefficient (Wildman–Crippen LogP) is 1.63. The molecule has 0 spiro atoms. The summed E-state index contributed by atoms with van der Waals surface area (Å²) in [4.78, 5) is 27.6. The van der Waals surface area contributed by atoms with Crippen LogP contribution in [0.3, 0.4) is 0 Å². The van der Waals surface area contributed by atoms with Crippen molar-refractivity contribution in [1.82, 2.24) is 24.7 Å². The van der Waals surface area contributed by atoms with Gasteiger partial charge >= 0.3 is 0 Å². The van der Waals surface area contributed by atoms with Crippen molar-refractivity contribution in [2.75, 3.05) is 18.0 Å². The maximum Gasteiger partial charge on any atom is 0.280 e. The first-order chi connectivity index (χ1) is 12.6. The zero-order chi connectivity index (χ0) is 18.1. The van der Waals surface area contributed by atoms with Gasteiger partial charge in [-0.1, -0.05) is 6.07 Å². The number of ether oxygens (including phenoxy) is 1. The Labute approximate surface area is 150 Å². The van der Waals surface area contributed by atoms with Crippen LogP contribution in [0.25, 0.3) is 16.9 Å². The Kier molecular flexibility index (Phi) is 4.26. The van der Waals surface area contributed by atoms with Crippen molar-refractivity contribution >= 4 is 5.82 Å². The van der Waals surface area contributed by atoms with Crippen molar-refractivity contribution < 1.29 is 4.74 Å². The van der Waals surface area contributed by atoms with Crippen molar-refractivity contribution in [2.45, 2.75) is 26.1 Å². The fraction of sp³-hybridized carbons (Fsp3) is 0.333. The molecule has 4 rings (SSSR count). The van der Waals surface area contributed by atoms with Gasteiger partial charge in [0.25, 0.3) is 5.56 Å². The van der Waals surface area contributed by atoms with Crippen molar-refractivity contribution in [1.29, 1.82) is 0 Å². The van der Waals surface area contributed by atoms with E-state index in [1.54, 1.807) is 24.7 Å². The first-order valence-corrected chi connectivity index (χ1v) is 8.55. The number of hydrogen-bond acceptors (Lipinski definition) is 6. The lowest BCUT2D eigenvalue weighted by Gasteiger charge is -2.36. The monoisotopic (exact) mass is 352 g/mol. The molecule has 8 nitrogen and oxygen atoms in total. The highest BCUT2D eigenvalue weighted by atomic mass is 16.5. The maximum absolute atomic E-state index is 12.8. The SMILES string of the molecule is C[C@@H]1CN(c2cc(-n3[nH]cc(-c4cccnc4)c3=O)ncn2)C[C@H](C)O1. The quantitative estimate of drug-likeness (QED) is 0.771. The minimum Gasteiger partial charge on any atom is -0.372 e. The number of nitrogens with zero attached hydrogens (tertiary/aromatic N) is 5. The number of hydrogen-bond donors (Lipinski definition) is 1. The van der Waals surface area contributed by atoms with E-state index in [9.17, 15) is 4.79 Å². The van der Waals surface area contributed by atoms with Crippen LogP contribution in [0.15, 0.2) is 47.9 Å². The second kappa shape index (κ2) is 6.72. The van der Waals surface area contributed by atoms with Crippen molar-refractivity contribution in [3.05, 3.63) is 53.5 Å². The molecule has 0 amide bonds. The zero-order valence-electron chi connectivity index (χ0n) is 14.7. The molecule has 3 aromatic heterocycles. The zero-order valence-corrected chi connectivity index (χ0v) is 14.7. The van der Waals surface area contributed by atoms with Crippen LogP contribution in [0.4, 0.5) is 5.82 Å². The Balaban J connectivity index is 1.68. The van der Waals surface area contributed by atoms with Gasteiger partial charge in [-0.25, -0.2) is 14.6 Å². The van der Waals surface area contributed by atoms with Gasteiger partial charge in [0, 0.05) is 43.3 Å². The van der Waals surface area contributed by atoms with E-state index >= 15 is 0 Å². The minimum absolute atomic E-state index is 0.127. The summed E-state index contributed by atoms with van der Waals surface area (Å²) in [6.07, 6.45) is 6.74. The first-order valence-electron chi connectivity index (χ1n) is 8.55. The van der Waals surface area contributed by atoms with Gasteiger partial charge in [0.05, 0.1) is 17.8 Å². The second-order valence-corrected chi connectivity index (χ2v) is 6.47. The van der Waals surface area contributed by atoms with Crippen LogP contribution in [0, 0.1) is 0 Å². The Hall–Kier alpha value is -3.00. The van der Waals surface area contributed by atoms with E-state index in [1.807, 2.05) is 26.0 Å². The minimum atomic E-state index is -0.175. The molecular formula is C18H20N6O2. The molecule has 1 fully saturated rings. The van der Waals surface area contributed by atoms with E-state index in [1.165, 1.54) is 11.0 Å². The summed E-state index contributed by atoms with van der Waals surface area (Å²) >= 11 is 0. The molecular weight excluding hydrogens is 332 g/mol. The van der Waals surface area contributed by atoms with Gasteiger partial charge in [-0.3, -0.25) is 14.9 Å². The number of anilines is 1. The Morgan fingerprint density at radius 1 is 1.19 bits per heavy atom.